The molecule has 5 aromatic rings. The van der Waals surface area contributed by atoms with Crippen LogP contribution >= 0.6 is 0 Å². The lowest BCUT2D eigenvalue weighted by Gasteiger charge is -2.13. The zero-order valence-corrected chi connectivity index (χ0v) is 19.9. The van der Waals surface area contributed by atoms with Gasteiger partial charge in [0.25, 0.3) is 0 Å². The second kappa shape index (κ2) is 10.4. The van der Waals surface area contributed by atoms with Gasteiger partial charge in [0.1, 0.15) is 18.2 Å². The summed E-state index contributed by atoms with van der Waals surface area (Å²) in [5, 5.41) is 5.34. The SMILES string of the molecule is Cc1ccccc1CC(=O)NCCc1nc2ccccc2n1CCOc1cccc2ccccc12. The number of nitrogens with zero attached hydrogens (tertiary/aromatic N) is 2. The quantitative estimate of drug-likeness (QED) is 0.315. The maximum absolute atomic E-state index is 12.5. The summed E-state index contributed by atoms with van der Waals surface area (Å²) in [6.07, 6.45) is 1.05. The van der Waals surface area contributed by atoms with Crippen LogP contribution in [0.25, 0.3) is 21.8 Å². The lowest BCUT2D eigenvalue weighted by Crippen LogP contribution is -2.28. The van der Waals surface area contributed by atoms with Gasteiger partial charge in [-0.3, -0.25) is 4.79 Å². The lowest BCUT2D eigenvalue weighted by atomic mass is 10.1. The fraction of sp³-hybridized carbons (Fsp3) is 0.200. The summed E-state index contributed by atoms with van der Waals surface area (Å²) in [5.74, 6) is 1.86. The predicted octanol–water partition coefficient (Wildman–Crippen LogP) is 5.48. The number of fused-ring (bicyclic) bond motifs is 2. The summed E-state index contributed by atoms with van der Waals surface area (Å²) >= 11 is 0. The second-order valence-electron chi connectivity index (χ2n) is 8.70. The van der Waals surface area contributed by atoms with E-state index in [1.165, 1.54) is 5.39 Å². The second-order valence-corrected chi connectivity index (χ2v) is 8.70. The normalized spacial score (nSPS) is 11.1. The molecule has 1 aromatic heterocycles. The number of benzene rings is 4. The highest BCUT2D eigenvalue weighted by atomic mass is 16.5. The van der Waals surface area contributed by atoms with Crippen LogP contribution in [0.3, 0.4) is 0 Å². The molecule has 0 saturated heterocycles. The first kappa shape index (κ1) is 22.7. The Hall–Kier alpha value is -4.12. The van der Waals surface area contributed by atoms with Crippen molar-refractivity contribution >= 4 is 27.7 Å². The first-order valence-corrected chi connectivity index (χ1v) is 12.0. The van der Waals surface area contributed by atoms with Crippen molar-refractivity contribution in [3.8, 4) is 5.75 Å². The van der Waals surface area contributed by atoms with Gasteiger partial charge in [0.05, 0.1) is 24.0 Å². The zero-order valence-electron chi connectivity index (χ0n) is 19.9. The number of nitrogens with one attached hydrogen (secondary N) is 1. The first-order chi connectivity index (χ1) is 17.2. The maximum atomic E-state index is 12.5. The van der Waals surface area contributed by atoms with Crippen molar-refractivity contribution in [1.82, 2.24) is 14.9 Å². The summed E-state index contributed by atoms with van der Waals surface area (Å²) in [6.45, 7) is 3.78. The van der Waals surface area contributed by atoms with E-state index in [-0.39, 0.29) is 5.91 Å². The summed E-state index contributed by atoms with van der Waals surface area (Å²) in [4.78, 5) is 17.3. The van der Waals surface area contributed by atoms with Crippen molar-refractivity contribution in [1.29, 1.82) is 0 Å². The number of aromatic nitrogens is 2. The third kappa shape index (κ3) is 5.19. The Morgan fingerprint density at radius 2 is 1.69 bits per heavy atom. The van der Waals surface area contributed by atoms with Crippen LogP contribution in [0.5, 0.6) is 5.75 Å². The molecule has 0 unspecified atom stereocenters. The van der Waals surface area contributed by atoms with Crippen LogP contribution in [0.15, 0.2) is 91.0 Å². The van der Waals surface area contributed by atoms with Crippen molar-refractivity contribution < 1.29 is 9.53 Å². The minimum Gasteiger partial charge on any atom is -0.491 e. The summed E-state index contributed by atoms with van der Waals surface area (Å²) < 4.78 is 8.40. The molecule has 0 spiro atoms. The number of ether oxygens (including phenoxy) is 1. The van der Waals surface area contributed by atoms with Crippen molar-refractivity contribution in [3.63, 3.8) is 0 Å². The Morgan fingerprint density at radius 3 is 2.60 bits per heavy atom. The lowest BCUT2D eigenvalue weighted by molar-refractivity contribution is -0.120. The smallest absolute Gasteiger partial charge is 0.224 e. The van der Waals surface area contributed by atoms with Crippen molar-refractivity contribution in [2.75, 3.05) is 13.2 Å². The third-order valence-corrected chi connectivity index (χ3v) is 6.34. The van der Waals surface area contributed by atoms with Gasteiger partial charge in [-0.2, -0.15) is 0 Å². The molecule has 0 aliphatic carbocycles. The van der Waals surface area contributed by atoms with E-state index in [2.05, 4.69) is 34.1 Å². The highest BCUT2D eigenvalue weighted by Crippen LogP contribution is 2.25. The molecular weight excluding hydrogens is 434 g/mol. The highest BCUT2D eigenvalue weighted by Gasteiger charge is 2.12. The van der Waals surface area contributed by atoms with Gasteiger partial charge in [-0.15, -0.1) is 0 Å². The molecule has 5 heteroatoms. The molecule has 1 amide bonds. The van der Waals surface area contributed by atoms with Gasteiger partial charge in [-0.05, 0) is 41.6 Å². The minimum absolute atomic E-state index is 0.0289. The number of para-hydroxylation sites is 2. The molecule has 0 atom stereocenters. The van der Waals surface area contributed by atoms with E-state index in [1.54, 1.807) is 0 Å². The van der Waals surface area contributed by atoms with Crippen LogP contribution in [0.1, 0.15) is 17.0 Å². The molecule has 0 fully saturated rings. The largest absolute Gasteiger partial charge is 0.491 e. The van der Waals surface area contributed by atoms with Gasteiger partial charge >= 0.3 is 0 Å². The van der Waals surface area contributed by atoms with E-state index in [4.69, 9.17) is 9.72 Å². The molecule has 0 radical (unpaired) electrons. The van der Waals surface area contributed by atoms with Crippen molar-refractivity contribution in [3.05, 3.63) is 108 Å². The molecule has 35 heavy (non-hydrogen) atoms. The van der Waals surface area contributed by atoms with Gasteiger partial charge in [-0.1, -0.05) is 72.8 Å². The average Bonchev–Trinajstić information content (AvgIpc) is 3.23. The fourth-order valence-electron chi connectivity index (χ4n) is 4.49. The zero-order chi connectivity index (χ0) is 24.0. The first-order valence-electron chi connectivity index (χ1n) is 12.0. The van der Waals surface area contributed by atoms with Crippen LogP contribution in [0.4, 0.5) is 0 Å². The van der Waals surface area contributed by atoms with E-state index in [1.807, 2.05) is 73.7 Å². The molecule has 1 heterocycles. The molecule has 1 N–H and O–H groups in total. The Labute approximate surface area is 205 Å². The van der Waals surface area contributed by atoms with E-state index in [9.17, 15) is 4.79 Å². The van der Waals surface area contributed by atoms with E-state index < -0.39 is 0 Å². The van der Waals surface area contributed by atoms with Crippen LogP contribution in [0.2, 0.25) is 0 Å². The molecule has 4 aromatic carbocycles. The monoisotopic (exact) mass is 463 g/mol. The summed E-state index contributed by atoms with van der Waals surface area (Å²) in [6, 6.07) is 30.5. The van der Waals surface area contributed by atoms with Gasteiger partial charge in [0.2, 0.25) is 5.91 Å². The van der Waals surface area contributed by atoms with Crippen LogP contribution < -0.4 is 10.1 Å². The number of carbonyl (C=O) groups excluding carboxylic acids is 1. The van der Waals surface area contributed by atoms with Crippen LogP contribution in [-0.2, 0) is 24.2 Å². The number of aryl methyl sites for hydroxylation is 1. The van der Waals surface area contributed by atoms with Crippen molar-refractivity contribution in [2.45, 2.75) is 26.3 Å². The Bertz CT molecular complexity index is 1470. The molecule has 0 aliphatic rings. The fourth-order valence-corrected chi connectivity index (χ4v) is 4.49. The molecule has 176 valence electrons. The van der Waals surface area contributed by atoms with Crippen LogP contribution in [-0.4, -0.2) is 28.6 Å². The molecule has 0 bridgehead atoms. The molecular formula is C30H29N3O2. The maximum Gasteiger partial charge on any atom is 0.224 e. The molecule has 0 saturated carbocycles. The van der Waals surface area contributed by atoms with Gasteiger partial charge in [0, 0.05) is 18.4 Å². The average molecular weight is 464 g/mol. The van der Waals surface area contributed by atoms with Crippen LogP contribution in [0, 0.1) is 6.92 Å². The Morgan fingerprint density at radius 1 is 0.914 bits per heavy atom. The molecule has 5 rings (SSSR count). The van der Waals surface area contributed by atoms with E-state index >= 15 is 0 Å². The van der Waals surface area contributed by atoms with Gasteiger partial charge in [0.15, 0.2) is 0 Å². The van der Waals surface area contributed by atoms with E-state index in [0.717, 1.165) is 39.1 Å². The number of imidazole rings is 1. The van der Waals surface area contributed by atoms with Gasteiger partial charge in [-0.25, -0.2) is 4.98 Å². The number of hydrogen-bond donors (Lipinski definition) is 1. The minimum atomic E-state index is 0.0289. The van der Waals surface area contributed by atoms with E-state index in [0.29, 0.717) is 32.5 Å². The third-order valence-electron chi connectivity index (χ3n) is 6.34. The highest BCUT2D eigenvalue weighted by molar-refractivity contribution is 5.88. The topological polar surface area (TPSA) is 56.2 Å². The number of hydrogen-bond acceptors (Lipinski definition) is 3. The number of carbonyl (C=O) groups is 1. The standard InChI is InChI=1S/C30H29N3O2/c1-22-9-2-3-11-24(22)21-30(34)31-18-17-29-32-26-14-6-7-15-27(26)33(29)19-20-35-28-16-8-12-23-10-4-5-13-25(23)28/h2-16H,17-21H2,1H3,(H,31,34). The Balaban J connectivity index is 1.25. The summed E-state index contributed by atoms with van der Waals surface area (Å²) in [7, 11) is 0. The predicted molar refractivity (Wildman–Crippen MR) is 141 cm³/mol. The Kier molecular flexibility index (Phi) is 6.75. The van der Waals surface area contributed by atoms with Crippen molar-refractivity contribution in [2.24, 2.45) is 0 Å². The summed E-state index contributed by atoms with van der Waals surface area (Å²) in [5.41, 5.74) is 4.23. The molecule has 0 aliphatic heterocycles. The number of amides is 1. The van der Waals surface area contributed by atoms with Gasteiger partial charge < -0.3 is 14.6 Å². The number of rotatable bonds is 9. The molecule has 5 nitrogen and oxygen atoms in total.